The standard InChI is InChI=1S/C3H10NO4P/c1-8-3-2-4-9(5,6)7/h2-3H2,1H3,(H3,4,5,6,7). The van der Waals surface area contributed by atoms with Gasteiger partial charge in [0.25, 0.3) is 0 Å². The first-order chi connectivity index (χ1) is 4.06. The van der Waals surface area contributed by atoms with Crippen molar-refractivity contribution in [1.29, 1.82) is 0 Å². The lowest BCUT2D eigenvalue weighted by Crippen LogP contribution is -2.15. The van der Waals surface area contributed by atoms with Gasteiger partial charge < -0.3 is 14.5 Å². The van der Waals surface area contributed by atoms with Gasteiger partial charge in [0.1, 0.15) is 0 Å². The molecule has 0 heterocycles. The molecular weight excluding hydrogens is 145 g/mol. The number of hydrogen-bond donors (Lipinski definition) is 3. The summed E-state index contributed by atoms with van der Waals surface area (Å²) in [7, 11) is -2.57. The van der Waals surface area contributed by atoms with E-state index in [4.69, 9.17) is 9.79 Å². The van der Waals surface area contributed by atoms with Gasteiger partial charge in [-0.25, -0.2) is 9.65 Å². The zero-order valence-electron chi connectivity index (χ0n) is 5.07. The van der Waals surface area contributed by atoms with Crippen molar-refractivity contribution in [1.82, 2.24) is 5.09 Å². The second-order valence-corrected chi connectivity index (χ2v) is 2.85. The molecule has 0 unspecified atom stereocenters. The van der Waals surface area contributed by atoms with Gasteiger partial charge in [0, 0.05) is 13.7 Å². The van der Waals surface area contributed by atoms with Gasteiger partial charge in [-0.15, -0.1) is 0 Å². The molecule has 6 heteroatoms. The zero-order chi connectivity index (χ0) is 7.33. The van der Waals surface area contributed by atoms with Crippen LogP contribution in [0.25, 0.3) is 0 Å². The van der Waals surface area contributed by atoms with Crippen LogP contribution in [0.3, 0.4) is 0 Å². The quantitative estimate of drug-likeness (QED) is 0.370. The van der Waals surface area contributed by atoms with Gasteiger partial charge in [0.15, 0.2) is 0 Å². The van der Waals surface area contributed by atoms with Crippen molar-refractivity contribution in [2.24, 2.45) is 0 Å². The topological polar surface area (TPSA) is 78.8 Å². The van der Waals surface area contributed by atoms with Crippen LogP contribution in [0.4, 0.5) is 0 Å². The molecule has 56 valence electrons. The van der Waals surface area contributed by atoms with E-state index in [-0.39, 0.29) is 6.54 Å². The minimum Gasteiger partial charge on any atom is -0.383 e. The maximum atomic E-state index is 10.0. The molecule has 9 heavy (non-hydrogen) atoms. The molecule has 0 bridgehead atoms. The molecule has 0 aliphatic carbocycles. The molecule has 0 aromatic rings. The van der Waals surface area contributed by atoms with Crippen LogP contribution in [0.15, 0.2) is 0 Å². The lowest BCUT2D eigenvalue weighted by molar-refractivity contribution is 0.201. The molecule has 0 fully saturated rings. The molecule has 0 radical (unpaired) electrons. The summed E-state index contributed by atoms with van der Waals surface area (Å²) < 4.78 is 14.6. The van der Waals surface area contributed by atoms with E-state index in [2.05, 4.69) is 4.74 Å². The number of rotatable bonds is 4. The van der Waals surface area contributed by atoms with Crippen molar-refractivity contribution >= 4 is 7.75 Å². The summed E-state index contributed by atoms with van der Waals surface area (Å²) in [5, 5.41) is 1.96. The van der Waals surface area contributed by atoms with Crippen LogP contribution in [0.1, 0.15) is 0 Å². The van der Waals surface area contributed by atoms with Crippen molar-refractivity contribution in [2.45, 2.75) is 0 Å². The second-order valence-electron chi connectivity index (χ2n) is 1.44. The van der Waals surface area contributed by atoms with Gasteiger partial charge >= 0.3 is 7.75 Å². The van der Waals surface area contributed by atoms with Gasteiger partial charge in [0.05, 0.1) is 6.61 Å². The molecule has 0 aromatic heterocycles. The summed E-state index contributed by atoms with van der Waals surface area (Å²) in [6, 6.07) is 0. The summed E-state index contributed by atoms with van der Waals surface area (Å²) in [6.07, 6.45) is 0. The average molecular weight is 155 g/mol. The van der Waals surface area contributed by atoms with Crippen molar-refractivity contribution in [3.05, 3.63) is 0 Å². The summed E-state index contributed by atoms with van der Waals surface area (Å²) in [6.45, 7) is 0.464. The van der Waals surface area contributed by atoms with Crippen LogP contribution in [0.2, 0.25) is 0 Å². The van der Waals surface area contributed by atoms with Gasteiger partial charge in [-0.05, 0) is 0 Å². The average Bonchev–Trinajstić information content (AvgIpc) is 1.63. The van der Waals surface area contributed by atoms with E-state index in [1.807, 2.05) is 5.09 Å². The van der Waals surface area contributed by atoms with Crippen LogP contribution >= 0.6 is 7.75 Å². The highest BCUT2D eigenvalue weighted by Gasteiger charge is 2.09. The first-order valence-electron chi connectivity index (χ1n) is 2.36. The summed E-state index contributed by atoms with van der Waals surface area (Å²) in [4.78, 5) is 16.4. The molecule has 0 aliphatic heterocycles. The van der Waals surface area contributed by atoms with E-state index in [1.165, 1.54) is 7.11 Å². The summed E-state index contributed by atoms with van der Waals surface area (Å²) >= 11 is 0. The Morgan fingerprint density at radius 2 is 2.22 bits per heavy atom. The Morgan fingerprint density at radius 1 is 1.67 bits per heavy atom. The van der Waals surface area contributed by atoms with E-state index in [9.17, 15) is 4.57 Å². The zero-order valence-corrected chi connectivity index (χ0v) is 5.97. The van der Waals surface area contributed by atoms with E-state index in [0.717, 1.165) is 0 Å². The van der Waals surface area contributed by atoms with E-state index in [1.54, 1.807) is 0 Å². The third kappa shape index (κ3) is 8.07. The fraction of sp³-hybridized carbons (Fsp3) is 1.00. The molecule has 0 saturated heterocycles. The van der Waals surface area contributed by atoms with Crippen molar-refractivity contribution in [3.8, 4) is 0 Å². The molecule has 0 atom stereocenters. The van der Waals surface area contributed by atoms with Crippen molar-refractivity contribution in [2.75, 3.05) is 20.3 Å². The molecular formula is C3H10NO4P. The molecule has 0 amide bonds. The number of hydrogen-bond acceptors (Lipinski definition) is 2. The Balaban J connectivity index is 3.18. The predicted molar refractivity (Wildman–Crippen MR) is 31.9 cm³/mol. The highest BCUT2D eigenvalue weighted by atomic mass is 31.2. The Labute approximate surface area is 53.2 Å². The number of nitrogens with one attached hydrogen (secondary N) is 1. The van der Waals surface area contributed by atoms with Crippen molar-refractivity contribution in [3.63, 3.8) is 0 Å². The number of ether oxygens (including phenoxy) is 1. The van der Waals surface area contributed by atoms with E-state index < -0.39 is 7.75 Å². The summed E-state index contributed by atoms with van der Waals surface area (Å²) in [5.74, 6) is 0. The smallest absolute Gasteiger partial charge is 0.383 e. The molecule has 3 N–H and O–H groups in total. The highest BCUT2D eigenvalue weighted by Crippen LogP contribution is 2.26. The molecule has 0 aliphatic rings. The van der Waals surface area contributed by atoms with Gasteiger partial charge in [-0.2, -0.15) is 0 Å². The summed E-state index contributed by atoms with van der Waals surface area (Å²) in [5.41, 5.74) is 0. The molecule has 0 aromatic carbocycles. The normalized spacial score (nSPS) is 11.9. The van der Waals surface area contributed by atoms with E-state index >= 15 is 0 Å². The third-order valence-electron chi connectivity index (χ3n) is 0.624. The lowest BCUT2D eigenvalue weighted by atomic mass is 10.7. The third-order valence-corrected chi connectivity index (χ3v) is 1.26. The van der Waals surface area contributed by atoms with E-state index in [0.29, 0.717) is 6.61 Å². The van der Waals surface area contributed by atoms with Gasteiger partial charge in [-0.1, -0.05) is 0 Å². The Kier molecular flexibility index (Phi) is 4.01. The lowest BCUT2D eigenvalue weighted by Gasteiger charge is -2.03. The maximum absolute atomic E-state index is 10.0. The molecule has 0 saturated carbocycles. The minimum atomic E-state index is -4.03. The molecule has 5 nitrogen and oxygen atoms in total. The largest absolute Gasteiger partial charge is 0.400 e. The van der Waals surface area contributed by atoms with Crippen LogP contribution in [-0.4, -0.2) is 30.0 Å². The monoisotopic (exact) mass is 155 g/mol. The highest BCUT2D eigenvalue weighted by molar-refractivity contribution is 7.49. The first-order valence-corrected chi connectivity index (χ1v) is 3.97. The SMILES string of the molecule is COCCNP(=O)(O)O. The Bertz CT molecular complexity index is 110. The van der Waals surface area contributed by atoms with Crippen molar-refractivity contribution < 1.29 is 19.1 Å². The van der Waals surface area contributed by atoms with Gasteiger partial charge in [-0.3, -0.25) is 0 Å². The van der Waals surface area contributed by atoms with Crippen LogP contribution in [0, 0.1) is 0 Å². The maximum Gasteiger partial charge on any atom is 0.400 e. The van der Waals surface area contributed by atoms with Gasteiger partial charge in [0.2, 0.25) is 0 Å². The first kappa shape index (κ1) is 9.07. The Hall–Kier alpha value is 0.0700. The second kappa shape index (κ2) is 3.98. The van der Waals surface area contributed by atoms with Crippen LogP contribution < -0.4 is 5.09 Å². The number of methoxy groups -OCH3 is 1. The minimum absolute atomic E-state index is 0.167. The Morgan fingerprint density at radius 3 is 2.56 bits per heavy atom. The fourth-order valence-corrected chi connectivity index (χ4v) is 0.676. The molecule has 0 rings (SSSR count). The fourth-order valence-electron chi connectivity index (χ4n) is 0.293. The predicted octanol–water partition coefficient (Wildman–Crippen LogP) is -0.685. The molecule has 0 spiro atoms. The van der Waals surface area contributed by atoms with Crippen LogP contribution in [-0.2, 0) is 9.30 Å². The van der Waals surface area contributed by atoms with Crippen LogP contribution in [0.5, 0.6) is 0 Å².